The molecule has 100 valence electrons. The standard InChI is InChI=1S/C13H21N3O2/c1-8-4-11(18-12(8)13(17)15-14)7-16-5-9(2)10(3)6-16/h4,9-10H,5-7,14H2,1-3H3,(H,15,17). The highest BCUT2D eigenvalue weighted by atomic mass is 16.4. The van der Waals surface area contributed by atoms with E-state index in [4.69, 9.17) is 10.3 Å². The van der Waals surface area contributed by atoms with Crippen LogP contribution in [0.5, 0.6) is 0 Å². The number of amides is 1. The summed E-state index contributed by atoms with van der Waals surface area (Å²) < 4.78 is 5.57. The zero-order chi connectivity index (χ0) is 13.3. The number of hydrogen-bond donors (Lipinski definition) is 2. The second-order valence-electron chi connectivity index (χ2n) is 5.35. The van der Waals surface area contributed by atoms with Crippen LogP contribution in [0.2, 0.25) is 0 Å². The SMILES string of the molecule is Cc1cc(CN2CC(C)C(C)C2)oc1C(=O)NN. The summed E-state index contributed by atoms with van der Waals surface area (Å²) >= 11 is 0. The van der Waals surface area contributed by atoms with Crippen LogP contribution in [-0.4, -0.2) is 23.9 Å². The average molecular weight is 251 g/mol. The second-order valence-corrected chi connectivity index (χ2v) is 5.35. The molecule has 0 aliphatic carbocycles. The molecule has 1 amide bonds. The minimum atomic E-state index is -0.373. The number of hydrogen-bond acceptors (Lipinski definition) is 4. The summed E-state index contributed by atoms with van der Waals surface area (Å²) in [6, 6.07) is 1.91. The fraction of sp³-hybridized carbons (Fsp3) is 0.615. The number of carbonyl (C=O) groups excluding carboxylic acids is 1. The lowest BCUT2D eigenvalue weighted by atomic mass is 10.0. The van der Waals surface area contributed by atoms with Crippen LogP contribution in [0.3, 0.4) is 0 Å². The molecule has 5 heteroatoms. The van der Waals surface area contributed by atoms with E-state index in [1.165, 1.54) is 0 Å². The van der Waals surface area contributed by atoms with Gasteiger partial charge in [0.15, 0.2) is 5.76 Å². The molecule has 0 radical (unpaired) electrons. The van der Waals surface area contributed by atoms with Crippen LogP contribution in [0, 0.1) is 18.8 Å². The fourth-order valence-electron chi connectivity index (χ4n) is 2.52. The van der Waals surface area contributed by atoms with Gasteiger partial charge in [0.05, 0.1) is 6.54 Å². The molecule has 0 spiro atoms. The molecular formula is C13H21N3O2. The first-order valence-electron chi connectivity index (χ1n) is 6.34. The van der Waals surface area contributed by atoms with E-state index in [-0.39, 0.29) is 5.91 Å². The summed E-state index contributed by atoms with van der Waals surface area (Å²) in [4.78, 5) is 13.8. The predicted octanol–water partition coefficient (Wildman–Crippen LogP) is 1.28. The van der Waals surface area contributed by atoms with Gasteiger partial charge in [-0.25, -0.2) is 5.84 Å². The summed E-state index contributed by atoms with van der Waals surface area (Å²) in [5, 5.41) is 0. The van der Waals surface area contributed by atoms with E-state index < -0.39 is 0 Å². The molecule has 5 nitrogen and oxygen atoms in total. The van der Waals surface area contributed by atoms with Gasteiger partial charge < -0.3 is 4.42 Å². The molecule has 1 fully saturated rings. The first kappa shape index (κ1) is 13.1. The van der Waals surface area contributed by atoms with Gasteiger partial charge in [0, 0.05) is 18.7 Å². The number of nitrogens with one attached hydrogen (secondary N) is 1. The van der Waals surface area contributed by atoms with Gasteiger partial charge in [-0.2, -0.15) is 0 Å². The quantitative estimate of drug-likeness (QED) is 0.482. The lowest BCUT2D eigenvalue weighted by Crippen LogP contribution is -2.30. The van der Waals surface area contributed by atoms with Crippen molar-refractivity contribution in [3.63, 3.8) is 0 Å². The molecule has 1 saturated heterocycles. The van der Waals surface area contributed by atoms with E-state index in [0.29, 0.717) is 17.6 Å². The largest absolute Gasteiger partial charge is 0.454 e. The Hall–Kier alpha value is -1.33. The minimum Gasteiger partial charge on any atom is -0.454 e. The third kappa shape index (κ3) is 2.57. The molecular weight excluding hydrogens is 230 g/mol. The zero-order valence-electron chi connectivity index (χ0n) is 11.2. The third-order valence-electron chi connectivity index (χ3n) is 3.75. The summed E-state index contributed by atoms with van der Waals surface area (Å²) in [5.74, 6) is 7.31. The molecule has 0 saturated carbocycles. The highest BCUT2D eigenvalue weighted by Gasteiger charge is 2.27. The van der Waals surface area contributed by atoms with Crippen LogP contribution >= 0.6 is 0 Å². The number of nitrogens with two attached hydrogens (primary N) is 1. The Morgan fingerprint density at radius 2 is 2.11 bits per heavy atom. The van der Waals surface area contributed by atoms with E-state index in [1.807, 2.05) is 13.0 Å². The van der Waals surface area contributed by atoms with Crippen LogP contribution in [-0.2, 0) is 6.54 Å². The Bertz CT molecular complexity index is 431. The van der Waals surface area contributed by atoms with Crippen molar-refractivity contribution in [1.29, 1.82) is 0 Å². The Balaban J connectivity index is 2.05. The van der Waals surface area contributed by atoms with Crippen molar-refractivity contribution >= 4 is 5.91 Å². The molecule has 2 unspecified atom stereocenters. The molecule has 3 N–H and O–H groups in total. The molecule has 1 aliphatic heterocycles. The Morgan fingerprint density at radius 1 is 1.50 bits per heavy atom. The zero-order valence-corrected chi connectivity index (χ0v) is 11.2. The topological polar surface area (TPSA) is 71.5 Å². The van der Waals surface area contributed by atoms with E-state index in [0.717, 1.165) is 31.0 Å². The maximum Gasteiger partial charge on any atom is 0.301 e. The summed E-state index contributed by atoms with van der Waals surface area (Å²) in [7, 11) is 0. The summed E-state index contributed by atoms with van der Waals surface area (Å²) in [6.07, 6.45) is 0. The first-order chi connectivity index (χ1) is 8.51. The van der Waals surface area contributed by atoms with Crippen LogP contribution in [0.1, 0.15) is 35.7 Å². The Kier molecular flexibility index (Phi) is 3.73. The van der Waals surface area contributed by atoms with Crippen LogP contribution < -0.4 is 11.3 Å². The number of likely N-dealkylation sites (tertiary alicyclic amines) is 1. The fourth-order valence-corrected chi connectivity index (χ4v) is 2.52. The van der Waals surface area contributed by atoms with Gasteiger partial charge in [0.2, 0.25) is 0 Å². The number of nitrogen functional groups attached to an aromatic ring is 1. The smallest absolute Gasteiger partial charge is 0.301 e. The van der Waals surface area contributed by atoms with Gasteiger partial charge in [-0.3, -0.25) is 15.1 Å². The number of aryl methyl sites for hydroxylation is 1. The van der Waals surface area contributed by atoms with Gasteiger partial charge in [0.25, 0.3) is 0 Å². The Labute approximate surface area is 107 Å². The van der Waals surface area contributed by atoms with E-state index in [2.05, 4.69) is 24.2 Å². The van der Waals surface area contributed by atoms with Crippen LogP contribution in [0.25, 0.3) is 0 Å². The molecule has 2 atom stereocenters. The molecule has 18 heavy (non-hydrogen) atoms. The van der Waals surface area contributed by atoms with E-state index in [1.54, 1.807) is 0 Å². The lowest BCUT2D eigenvalue weighted by Gasteiger charge is -2.12. The molecule has 0 aromatic carbocycles. The van der Waals surface area contributed by atoms with Gasteiger partial charge >= 0.3 is 5.91 Å². The number of furan rings is 1. The van der Waals surface area contributed by atoms with Gasteiger partial charge in [-0.1, -0.05) is 13.8 Å². The van der Waals surface area contributed by atoms with Crippen molar-refractivity contribution in [3.05, 3.63) is 23.2 Å². The van der Waals surface area contributed by atoms with Gasteiger partial charge in [0.1, 0.15) is 5.76 Å². The highest BCUT2D eigenvalue weighted by molar-refractivity contribution is 5.92. The lowest BCUT2D eigenvalue weighted by molar-refractivity contribution is 0.0921. The number of hydrazine groups is 1. The summed E-state index contributed by atoms with van der Waals surface area (Å²) in [6.45, 7) is 9.32. The molecule has 1 aromatic heterocycles. The first-order valence-corrected chi connectivity index (χ1v) is 6.34. The summed E-state index contributed by atoms with van der Waals surface area (Å²) in [5.41, 5.74) is 2.92. The predicted molar refractivity (Wildman–Crippen MR) is 68.7 cm³/mol. The monoisotopic (exact) mass is 251 g/mol. The Morgan fingerprint density at radius 3 is 2.67 bits per heavy atom. The van der Waals surface area contributed by atoms with Gasteiger partial charge in [-0.05, 0) is 24.8 Å². The molecule has 2 rings (SSSR count). The van der Waals surface area contributed by atoms with Crippen LogP contribution in [0.15, 0.2) is 10.5 Å². The van der Waals surface area contributed by atoms with Crippen molar-refractivity contribution in [3.8, 4) is 0 Å². The van der Waals surface area contributed by atoms with Crippen molar-refractivity contribution in [1.82, 2.24) is 10.3 Å². The third-order valence-corrected chi connectivity index (χ3v) is 3.75. The van der Waals surface area contributed by atoms with E-state index in [9.17, 15) is 4.79 Å². The number of rotatable bonds is 3. The second kappa shape index (κ2) is 5.12. The van der Waals surface area contributed by atoms with Crippen molar-refractivity contribution < 1.29 is 9.21 Å². The molecule has 0 bridgehead atoms. The van der Waals surface area contributed by atoms with Crippen molar-refractivity contribution in [2.24, 2.45) is 17.7 Å². The number of carbonyl (C=O) groups is 1. The van der Waals surface area contributed by atoms with Crippen LogP contribution in [0.4, 0.5) is 0 Å². The van der Waals surface area contributed by atoms with Crippen molar-refractivity contribution in [2.75, 3.05) is 13.1 Å². The molecule has 1 aromatic rings. The number of nitrogens with zero attached hydrogens (tertiary/aromatic N) is 1. The van der Waals surface area contributed by atoms with Gasteiger partial charge in [-0.15, -0.1) is 0 Å². The minimum absolute atomic E-state index is 0.313. The molecule has 2 heterocycles. The van der Waals surface area contributed by atoms with Crippen molar-refractivity contribution in [2.45, 2.75) is 27.3 Å². The normalized spacial score (nSPS) is 24.4. The maximum absolute atomic E-state index is 11.4. The maximum atomic E-state index is 11.4. The average Bonchev–Trinajstić information content (AvgIpc) is 2.82. The molecule has 1 aliphatic rings. The highest BCUT2D eigenvalue weighted by Crippen LogP contribution is 2.25. The van der Waals surface area contributed by atoms with E-state index >= 15 is 0 Å².